The summed E-state index contributed by atoms with van der Waals surface area (Å²) in [6, 6.07) is 7.09. The van der Waals surface area contributed by atoms with Gasteiger partial charge in [-0.25, -0.2) is 0 Å². The van der Waals surface area contributed by atoms with Crippen molar-refractivity contribution in [1.82, 2.24) is 0 Å². The van der Waals surface area contributed by atoms with Gasteiger partial charge >= 0.3 is 0 Å². The monoisotopic (exact) mass is 232 g/mol. The van der Waals surface area contributed by atoms with Crippen molar-refractivity contribution >= 4 is 11.6 Å². The zero-order valence-corrected chi connectivity index (χ0v) is 10.5. The fourth-order valence-corrected chi connectivity index (χ4v) is 1.22. The first-order valence-electron chi connectivity index (χ1n) is 5.28. The number of nitrogens with zero attached hydrogens (tertiary/aromatic N) is 1. The first kappa shape index (κ1) is 13.0. The van der Waals surface area contributed by atoms with Gasteiger partial charge in [-0.2, -0.15) is 5.26 Å². The van der Waals surface area contributed by atoms with Crippen LogP contribution < -0.4 is 10.1 Å². The van der Waals surface area contributed by atoms with E-state index in [2.05, 4.69) is 5.32 Å². The summed E-state index contributed by atoms with van der Waals surface area (Å²) in [4.78, 5) is 11.9. The van der Waals surface area contributed by atoms with Crippen LogP contribution in [0.1, 0.15) is 26.3 Å². The minimum atomic E-state index is -0.520. The minimum Gasteiger partial charge on any atom is -0.495 e. The molecule has 90 valence electrons. The number of carbonyl (C=O) groups is 1. The van der Waals surface area contributed by atoms with Crippen LogP contribution in [0.25, 0.3) is 0 Å². The van der Waals surface area contributed by atoms with E-state index in [0.717, 1.165) is 0 Å². The van der Waals surface area contributed by atoms with Crippen LogP contribution in [0.15, 0.2) is 18.2 Å². The molecule has 0 fully saturated rings. The van der Waals surface area contributed by atoms with Crippen LogP contribution in [0.5, 0.6) is 5.75 Å². The van der Waals surface area contributed by atoms with Crippen molar-refractivity contribution in [3.8, 4) is 11.8 Å². The van der Waals surface area contributed by atoms with E-state index in [1.54, 1.807) is 18.2 Å². The molecular formula is C13H16N2O2. The molecule has 4 heteroatoms. The molecule has 1 N–H and O–H groups in total. The Bertz CT molecular complexity index is 467. The summed E-state index contributed by atoms with van der Waals surface area (Å²) < 4.78 is 5.14. The number of hydrogen-bond donors (Lipinski definition) is 1. The fourth-order valence-electron chi connectivity index (χ4n) is 1.22. The Morgan fingerprint density at radius 2 is 2.06 bits per heavy atom. The maximum atomic E-state index is 11.9. The molecular weight excluding hydrogens is 216 g/mol. The molecule has 1 amide bonds. The summed E-state index contributed by atoms with van der Waals surface area (Å²) in [7, 11) is 1.50. The quantitative estimate of drug-likeness (QED) is 0.852. The third kappa shape index (κ3) is 2.97. The van der Waals surface area contributed by atoms with E-state index in [0.29, 0.717) is 17.0 Å². The van der Waals surface area contributed by atoms with E-state index in [1.807, 2.05) is 26.8 Å². The Labute approximate surface area is 101 Å². The predicted molar refractivity (Wildman–Crippen MR) is 65.8 cm³/mol. The summed E-state index contributed by atoms with van der Waals surface area (Å²) in [6.07, 6.45) is 0. The highest BCUT2D eigenvalue weighted by molar-refractivity contribution is 5.97. The number of para-hydroxylation sites is 1. The number of carbonyl (C=O) groups excluding carboxylic acids is 1. The van der Waals surface area contributed by atoms with E-state index in [9.17, 15) is 4.79 Å². The normalized spacial score (nSPS) is 10.5. The molecule has 0 aliphatic carbocycles. The number of nitrogens with one attached hydrogen (secondary N) is 1. The van der Waals surface area contributed by atoms with E-state index in [4.69, 9.17) is 10.00 Å². The van der Waals surface area contributed by atoms with Crippen molar-refractivity contribution in [3.05, 3.63) is 23.8 Å². The van der Waals surface area contributed by atoms with Gasteiger partial charge in [-0.15, -0.1) is 0 Å². The second-order valence-electron chi connectivity index (χ2n) is 4.70. The predicted octanol–water partition coefficient (Wildman–Crippen LogP) is 2.55. The Kier molecular flexibility index (Phi) is 3.74. The van der Waals surface area contributed by atoms with Crippen molar-refractivity contribution in [2.75, 3.05) is 12.4 Å². The number of methoxy groups -OCH3 is 1. The third-order valence-corrected chi connectivity index (χ3v) is 2.29. The number of ether oxygens (including phenoxy) is 1. The van der Waals surface area contributed by atoms with Crippen molar-refractivity contribution in [3.63, 3.8) is 0 Å². The lowest BCUT2D eigenvalue weighted by Crippen LogP contribution is -2.28. The molecule has 0 saturated heterocycles. The number of amides is 1. The minimum absolute atomic E-state index is 0.154. The molecule has 1 aromatic carbocycles. The van der Waals surface area contributed by atoms with E-state index < -0.39 is 5.41 Å². The van der Waals surface area contributed by atoms with Crippen LogP contribution in [0.3, 0.4) is 0 Å². The molecule has 17 heavy (non-hydrogen) atoms. The zero-order valence-electron chi connectivity index (χ0n) is 10.5. The van der Waals surface area contributed by atoms with Gasteiger partial charge in [-0.3, -0.25) is 4.79 Å². The SMILES string of the molecule is COc1cccc(C#N)c1NC(=O)C(C)(C)C. The van der Waals surface area contributed by atoms with Gasteiger partial charge in [0.25, 0.3) is 0 Å². The Balaban J connectivity index is 3.14. The number of nitriles is 1. The second kappa shape index (κ2) is 4.88. The highest BCUT2D eigenvalue weighted by Gasteiger charge is 2.23. The lowest BCUT2D eigenvalue weighted by Gasteiger charge is -2.19. The summed E-state index contributed by atoms with van der Waals surface area (Å²) in [5.41, 5.74) is 0.299. The smallest absolute Gasteiger partial charge is 0.229 e. The topological polar surface area (TPSA) is 62.1 Å². The molecule has 0 aromatic heterocycles. The summed E-state index contributed by atoms with van der Waals surface area (Å²) in [5.74, 6) is 0.333. The van der Waals surface area contributed by atoms with Crippen LogP contribution in [-0.4, -0.2) is 13.0 Å². The van der Waals surface area contributed by atoms with Crippen LogP contribution in [0.4, 0.5) is 5.69 Å². The molecule has 0 bridgehead atoms. The van der Waals surface area contributed by atoms with E-state index in [-0.39, 0.29) is 5.91 Å². The van der Waals surface area contributed by atoms with Crippen molar-refractivity contribution in [2.45, 2.75) is 20.8 Å². The van der Waals surface area contributed by atoms with E-state index in [1.165, 1.54) is 7.11 Å². The Morgan fingerprint density at radius 1 is 1.41 bits per heavy atom. The lowest BCUT2D eigenvalue weighted by molar-refractivity contribution is -0.123. The molecule has 4 nitrogen and oxygen atoms in total. The van der Waals surface area contributed by atoms with Crippen LogP contribution in [0.2, 0.25) is 0 Å². The van der Waals surface area contributed by atoms with Gasteiger partial charge < -0.3 is 10.1 Å². The molecule has 0 spiro atoms. The molecule has 0 heterocycles. The molecule has 1 rings (SSSR count). The first-order valence-corrected chi connectivity index (χ1v) is 5.28. The zero-order chi connectivity index (χ0) is 13.1. The number of hydrogen-bond acceptors (Lipinski definition) is 3. The average molecular weight is 232 g/mol. The number of rotatable bonds is 2. The van der Waals surface area contributed by atoms with Crippen molar-refractivity contribution in [1.29, 1.82) is 5.26 Å². The van der Waals surface area contributed by atoms with Crippen LogP contribution in [0, 0.1) is 16.7 Å². The average Bonchev–Trinajstić information content (AvgIpc) is 2.28. The fraction of sp³-hybridized carbons (Fsp3) is 0.385. The van der Waals surface area contributed by atoms with Crippen LogP contribution in [-0.2, 0) is 4.79 Å². The van der Waals surface area contributed by atoms with E-state index >= 15 is 0 Å². The van der Waals surface area contributed by atoms with Gasteiger partial charge in [-0.05, 0) is 12.1 Å². The summed E-state index contributed by atoms with van der Waals surface area (Å²) >= 11 is 0. The van der Waals surface area contributed by atoms with Crippen molar-refractivity contribution in [2.24, 2.45) is 5.41 Å². The van der Waals surface area contributed by atoms with Gasteiger partial charge in [0.15, 0.2) is 0 Å². The molecule has 0 radical (unpaired) electrons. The van der Waals surface area contributed by atoms with Gasteiger partial charge in [-0.1, -0.05) is 26.8 Å². The number of benzene rings is 1. The molecule has 0 saturated carbocycles. The van der Waals surface area contributed by atoms with Gasteiger partial charge in [0.1, 0.15) is 17.5 Å². The number of anilines is 1. The standard InChI is InChI=1S/C13H16N2O2/c1-13(2,3)12(16)15-11-9(8-14)6-5-7-10(11)17-4/h5-7H,1-4H3,(H,15,16). The highest BCUT2D eigenvalue weighted by atomic mass is 16.5. The third-order valence-electron chi connectivity index (χ3n) is 2.29. The summed E-state index contributed by atoms with van der Waals surface area (Å²) in [5, 5.41) is 11.7. The Morgan fingerprint density at radius 3 is 2.53 bits per heavy atom. The lowest BCUT2D eigenvalue weighted by atomic mass is 9.95. The molecule has 0 unspecified atom stereocenters. The highest BCUT2D eigenvalue weighted by Crippen LogP contribution is 2.29. The second-order valence-corrected chi connectivity index (χ2v) is 4.70. The molecule has 0 aliphatic rings. The molecule has 0 aliphatic heterocycles. The van der Waals surface area contributed by atoms with Gasteiger partial charge in [0.05, 0.1) is 12.7 Å². The maximum Gasteiger partial charge on any atom is 0.229 e. The molecule has 1 aromatic rings. The van der Waals surface area contributed by atoms with Gasteiger partial charge in [0.2, 0.25) is 5.91 Å². The molecule has 0 atom stereocenters. The largest absolute Gasteiger partial charge is 0.495 e. The first-order chi connectivity index (χ1) is 7.90. The van der Waals surface area contributed by atoms with Crippen LogP contribution >= 0.6 is 0 Å². The van der Waals surface area contributed by atoms with Crippen molar-refractivity contribution < 1.29 is 9.53 Å². The summed E-state index contributed by atoms with van der Waals surface area (Å²) in [6.45, 7) is 5.43. The van der Waals surface area contributed by atoms with Gasteiger partial charge in [0, 0.05) is 5.41 Å². The Hall–Kier alpha value is -2.02. The maximum absolute atomic E-state index is 11.9.